The summed E-state index contributed by atoms with van der Waals surface area (Å²) in [5, 5.41) is 11.1. The number of alkyl halides is 1. The highest BCUT2D eigenvalue weighted by atomic mass is 79.9. The lowest BCUT2D eigenvalue weighted by atomic mass is 9.98. The molecule has 0 radical (unpaired) electrons. The molecular weight excluding hydrogens is 350 g/mol. The van der Waals surface area contributed by atoms with Crippen LogP contribution >= 0.6 is 27.3 Å². The molecule has 3 nitrogen and oxygen atoms in total. The van der Waals surface area contributed by atoms with Crippen molar-refractivity contribution >= 4 is 33.0 Å². The molecule has 0 fully saturated rings. The Morgan fingerprint density at radius 2 is 2.05 bits per heavy atom. The third-order valence-corrected chi connectivity index (χ3v) is 6.38. The van der Waals surface area contributed by atoms with Gasteiger partial charge in [-0.3, -0.25) is 10.1 Å². The Labute approximate surface area is 136 Å². The highest BCUT2D eigenvalue weighted by molar-refractivity contribution is 9.09. The van der Waals surface area contributed by atoms with Gasteiger partial charge in [0.2, 0.25) is 0 Å². The van der Waals surface area contributed by atoms with Crippen LogP contribution in [0.1, 0.15) is 38.6 Å². The van der Waals surface area contributed by atoms with Crippen molar-refractivity contribution in [2.45, 2.75) is 36.9 Å². The molecule has 110 valence electrons. The number of thiophene rings is 1. The fraction of sp³-hybridized carbons (Fsp3) is 0.375. The van der Waals surface area contributed by atoms with Crippen LogP contribution in [0.25, 0.3) is 0 Å². The Balaban J connectivity index is 1.82. The number of para-hydroxylation sites is 1. The number of hydrogen-bond acceptors (Lipinski definition) is 3. The fourth-order valence-corrected chi connectivity index (χ4v) is 4.82. The Hall–Kier alpha value is -1.20. The smallest absolute Gasteiger partial charge is 0.258 e. The van der Waals surface area contributed by atoms with Gasteiger partial charge in [0.15, 0.2) is 0 Å². The molecule has 1 aromatic heterocycles. The second-order valence-corrected chi connectivity index (χ2v) is 7.64. The standard InChI is InChI=1S/C16H16BrNO2S/c17-13(9-11-5-1-3-7-14(11)18(19)20)16-10-12-6-2-4-8-15(12)21-16/h1,3,5,7,10,13H,2,4,6,8-9H2. The molecule has 1 heterocycles. The fourth-order valence-electron chi connectivity index (χ4n) is 2.82. The molecule has 1 aliphatic carbocycles. The average molecular weight is 366 g/mol. The zero-order chi connectivity index (χ0) is 14.8. The lowest BCUT2D eigenvalue weighted by Crippen LogP contribution is -1.99. The maximum Gasteiger partial charge on any atom is 0.272 e. The van der Waals surface area contributed by atoms with Gasteiger partial charge >= 0.3 is 0 Å². The number of rotatable bonds is 4. The van der Waals surface area contributed by atoms with Crippen molar-refractivity contribution in [2.75, 3.05) is 0 Å². The van der Waals surface area contributed by atoms with Crippen molar-refractivity contribution in [1.82, 2.24) is 0 Å². The minimum Gasteiger partial charge on any atom is -0.258 e. The summed E-state index contributed by atoms with van der Waals surface area (Å²) >= 11 is 5.58. The number of halogens is 1. The lowest BCUT2D eigenvalue weighted by Gasteiger charge is -2.08. The van der Waals surface area contributed by atoms with Crippen LogP contribution in [0.3, 0.4) is 0 Å². The van der Waals surface area contributed by atoms with Crippen LogP contribution in [0.5, 0.6) is 0 Å². The van der Waals surface area contributed by atoms with E-state index in [1.807, 2.05) is 23.5 Å². The minimum atomic E-state index is -0.297. The topological polar surface area (TPSA) is 43.1 Å². The van der Waals surface area contributed by atoms with Crippen molar-refractivity contribution < 1.29 is 4.92 Å². The van der Waals surface area contributed by atoms with Crippen molar-refractivity contribution in [1.29, 1.82) is 0 Å². The van der Waals surface area contributed by atoms with Gasteiger partial charge in [-0.05, 0) is 43.7 Å². The molecule has 1 aliphatic rings. The van der Waals surface area contributed by atoms with Crippen molar-refractivity contribution in [3.05, 3.63) is 61.3 Å². The number of aryl methyl sites for hydroxylation is 2. The summed E-state index contributed by atoms with van der Waals surface area (Å²) in [7, 11) is 0. The number of benzene rings is 1. The van der Waals surface area contributed by atoms with Crippen LogP contribution in [0, 0.1) is 10.1 Å². The number of nitro benzene ring substituents is 1. The molecule has 0 spiro atoms. The number of nitrogens with zero attached hydrogens (tertiary/aromatic N) is 1. The van der Waals surface area contributed by atoms with Gasteiger partial charge in [-0.1, -0.05) is 34.1 Å². The first kappa shape index (κ1) is 14.7. The molecule has 1 atom stereocenters. The first-order valence-corrected chi connectivity index (χ1v) is 8.86. The van der Waals surface area contributed by atoms with E-state index in [9.17, 15) is 10.1 Å². The first-order chi connectivity index (χ1) is 10.1. The summed E-state index contributed by atoms with van der Waals surface area (Å²) in [6, 6.07) is 9.29. The number of hydrogen-bond donors (Lipinski definition) is 0. The third kappa shape index (κ3) is 3.19. The zero-order valence-corrected chi connectivity index (χ0v) is 14.0. The van der Waals surface area contributed by atoms with E-state index < -0.39 is 0 Å². The molecule has 0 saturated heterocycles. The molecule has 1 unspecified atom stereocenters. The monoisotopic (exact) mass is 365 g/mol. The van der Waals surface area contributed by atoms with E-state index in [0.29, 0.717) is 6.42 Å². The highest BCUT2D eigenvalue weighted by Gasteiger charge is 2.21. The molecule has 0 N–H and O–H groups in total. The molecule has 5 heteroatoms. The van der Waals surface area contributed by atoms with Crippen LogP contribution < -0.4 is 0 Å². The van der Waals surface area contributed by atoms with Crippen molar-refractivity contribution in [3.8, 4) is 0 Å². The third-order valence-electron chi connectivity index (χ3n) is 3.91. The highest BCUT2D eigenvalue weighted by Crippen LogP contribution is 2.38. The van der Waals surface area contributed by atoms with Crippen LogP contribution in [0.15, 0.2) is 30.3 Å². The summed E-state index contributed by atoms with van der Waals surface area (Å²) in [6.45, 7) is 0. The van der Waals surface area contributed by atoms with Gasteiger partial charge in [0, 0.05) is 21.4 Å². The largest absolute Gasteiger partial charge is 0.272 e. The molecule has 2 aromatic rings. The van der Waals surface area contributed by atoms with Crippen LogP contribution in [0.2, 0.25) is 0 Å². The first-order valence-electron chi connectivity index (χ1n) is 7.13. The summed E-state index contributed by atoms with van der Waals surface area (Å²) in [5.74, 6) is 0. The summed E-state index contributed by atoms with van der Waals surface area (Å²) in [5.41, 5.74) is 2.48. The normalized spacial score (nSPS) is 15.5. The van der Waals surface area contributed by atoms with E-state index in [-0.39, 0.29) is 15.4 Å². The number of nitro groups is 1. The summed E-state index contributed by atoms with van der Waals surface area (Å²) < 4.78 is 0. The van der Waals surface area contributed by atoms with Crippen LogP contribution in [-0.2, 0) is 19.3 Å². The Morgan fingerprint density at radius 3 is 2.81 bits per heavy atom. The second-order valence-electron chi connectivity index (χ2n) is 5.36. The molecular formula is C16H16BrNO2S. The van der Waals surface area contributed by atoms with E-state index in [1.54, 1.807) is 12.1 Å². The molecule has 0 aliphatic heterocycles. The van der Waals surface area contributed by atoms with E-state index >= 15 is 0 Å². The quantitative estimate of drug-likeness (QED) is 0.423. The van der Waals surface area contributed by atoms with E-state index in [0.717, 1.165) is 5.56 Å². The summed E-state index contributed by atoms with van der Waals surface area (Å²) in [6.07, 6.45) is 5.57. The summed E-state index contributed by atoms with van der Waals surface area (Å²) in [4.78, 5) is 13.7. The van der Waals surface area contributed by atoms with Gasteiger partial charge in [-0.15, -0.1) is 11.3 Å². The van der Waals surface area contributed by atoms with Crippen molar-refractivity contribution in [2.24, 2.45) is 0 Å². The van der Waals surface area contributed by atoms with Gasteiger partial charge < -0.3 is 0 Å². The van der Waals surface area contributed by atoms with Crippen LogP contribution in [0.4, 0.5) is 5.69 Å². The molecule has 0 saturated carbocycles. The molecule has 0 bridgehead atoms. The van der Waals surface area contributed by atoms with Gasteiger partial charge in [0.25, 0.3) is 5.69 Å². The SMILES string of the molecule is O=[N+]([O-])c1ccccc1CC(Br)c1cc2c(s1)CCCC2. The zero-order valence-electron chi connectivity index (χ0n) is 11.5. The number of fused-ring (bicyclic) bond motifs is 1. The minimum absolute atomic E-state index is 0.147. The molecule has 21 heavy (non-hydrogen) atoms. The molecule has 3 rings (SSSR count). The molecule has 1 aromatic carbocycles. The predicted octanol–water partition coefficient (Wildman–Crippen LogP) is 5.21. The Bertz CT molecular complexity index is 645. The van der Waals surface area contributed by atoms with Gasteiger partial charge in [0.05, 0.1) is 9.75 Å². The maximum atomic E-state index is 11.1. The van der Waals surface area contributed by atoms with Crippen molar-refractivity contribution in [3.63, 3.8) is 0 Å². The van der Waals surface area contributed by atoms with E-state index in [4.69, 9.17) is 0 Å². The van der Waals surface area contributed by atoms with Gasteiger partial charge in [-0.2, -0.15) is 0 Å². The Kier molecular flexibility index (Phi) is 4.40. The van der Waals surface area contributed by atoms with E-state index in [1.165, 1.54) is 41.0 Å². The average Bonchev–Trinajstić information content (AvgIpc) is 2.91. The molecule has 0 amide bonds. The van der Waals surface area contributed by atoms with E-state index in [2.05, 4.69) is 22.0 Å². The second kappa shape index (κ2) is 6.28. The van der Waals surface area contributed by atoms with Gasteiger partial charge in [0.1, 0.15) is 0 Å². The Morgan fingerprint density at radius 1 is 1.29 bits per heavy atom. The lowest BCUT2D eigenvalue weighted by molar-refractivity contribution is -0.385. The maximum absolute atomic E-state index is 11.1. The van der Waals surface area contributed by atoms with Gasteiger partial charge in [-0.25, -0.2) is 0 Å². The van der Waals surface area contributed by atoms with Crippen LogP contribution in [-0.4, -0.2) is 4.92 Å². The predicted molar refractivity (Wildman–Crippen MR) is 89.4 cm³/mol.